The van der Waals surface area contributed by atoms with Gasteiger partial charge in [0.2, 0.25) is 11.8 Å². The Labute approximate surface area is 219 Å². The molecule has 0 radical (unpaired) electrons. The summed E-state index contributed by atoms with van der Waals surface area (Å²) >= 11 is 0. The van der Waals surface area contributed by atoms with Crippen molar-refractivity contribution in [2.45, 2.75) is 32.9 Å². The molecule has 0 aromatic heterocycles. The lowest BCUT2D eigenvalue weighted by Crippen LogP contribution is -2.45. The van der Waals surface area contributed by atoms with Crippen molar-refractivity contribution in [3.63, 3.8) is 0 Å². The molecule has 0 saturated carbocycles. The second kappa shape index (κ2) is 13.3. The number of nitrogens with one attached hydrogen (secondary N) is 1. The molecule has 0 fully saturated rings. The molecule has 7 heteroatoms. The van der Waals surface area contributed by atoms with E-state index in [1.807, 2.05) is 86.6 Å². The fourth-order valence-electron chi connectivity index (χ4n) is 4.13. The third-order valence-electron chi connectivity index (χ3n) is 6.13. The van der Waals surface area contributed by atoms with Gasteiger partial charge >= 0.3 is 0 Å². The summed E-state index contributed by atoms with van der Waals surface area (Å²) in [6.45, 7) is 4.40. The summed E-state index contributed by atoms with van der Waals surface area (Å²) in [5.74, 6) is 1.43. The Morgan fingerprint density at radius 3 is 2.05 bits per heavy atom. The molecule has 196 valence electrons. The second-order valence-corrected chi connectivity index (χ2v) is 9.01. The first-order chi connectivity index (χ1) is 17.9. The highest BCUT2D eigenvalue weighted by atomic mass is 16.5. The van der Waals surface area contributed by atoms with Gasteiger partial charge in [0.15, 0.2) is 11.5 Å². The van der Waals surface area contributed by atoms with E-state index in [-0.39, 0.29) is 17.7 Å². The highest BCUT2D eigenvalue weighted by Crippen LogP contribution is 2.28. The molecule has 0 aliphatic rings. The SMILES string of the molecule is COc1ccc(CN(C(=O)C(C)C)[C@H](C(=O)NCCc2ccc(OC)c(OC)c2)c2ccccc2)cc1. The van der Waals surface area contributed by atoms with E-state index >= 15 is 0 Å². The van der Waals surface area contributed by atoms with Gasteiger partial charge in [-0.1, -0.05) is 62.4 Å². The molecule has 0 heterocycles. The van der Waals surface area contributed by atoms with Crippen molar-refractivity contribution in [1.82, 2.24) is 10.2 Å². The van der Waals surface area contributed by atoms with E-state index in [0.717, 1.165) is 22.4 Å². The van der Waals surface area contributed by atoms with E-state index in [4.69, 9.17) is 14.2 Å². The lowest BCUT2D eigenvalue weighted by atomic mass is 10.0. The number of ether oxygens (including phenoxy) is 3. The lowest BCUT2D eigenvalue weighted by molar-refractivity contribution is -0.144. The van der Waals surface area contributed by atoms with Crippen LogP contribution in [0.3, 0.4) is 0 Å². The first-order valence-electron chi connectivity index (χ1n) is 12.3. The van der Waals surface area contributed by atoms with Crippen molar-refractivity contribution in [3.05, 3.63) is 89.5 Å². The summed E-state index contributed by atoms with van der Waals surface area (Å²) in [4.78, 5) is 28.7. The average Bonchev–Trinajstić information content (AvgIpc) is 2.93. The van der Waals surface area contributed by atoms with Gasteiger partial charge < -0.3 is 24.4 Å². The zero-order valence-electron chi connectivity index (χ0n) is 22.2. The Morgan fingerprint density at radius 1 is 0.811 bits per heavy atom. The zero-order chi connectivity index (χ0) is 26.8. The van der Waals surface area contributed by atoms with E-state index < -0.39 is 6.04 Å². The van der Waals surface area contributed by atoms with Gasteiger partial charge in [0, 0.05) is 19.0 Å². The van der Waals surface area contributed by atoms with Crippen LogP contribution in [0.25, 0.3) is 0 Å². The molecule has 1 N–H and O–H groups in total. The molecule has 0 unspecified atom stereocenters. The fraction of sp³-hybridized carbons (Fsp3) is 0.333. The van der Waals surface area contributed by atoms with Gasteiger partial charge in [0.25, 0.3) is 0 Å². The van der Waals surface area contributed by atoms with Crippen LogP contribution in [0.2, 0.25) is 0 Å². The number of amides is 2. The van der Waals surface area contributed by atoms with E-state index in [0.29, 0.717) is 31.0 Å². The van der Waals surface area contributed by atoms with Crippen LogP contribution < -0.4 is 19.5 Å². The van der Waals surface area contributed by atoms with Gasteiger partial charge in [-0.2, -0.15) is 0 Å². The van der Waals surface area contributed by atoms with Crippen LogP contribution in [0.1, 0.15) is 36.6 Å². The lowest BCUT2D eigenvalue weighted by Gasteiger charge is -2.33. The number of rotatable bonds is 12. The smallest absolute Gasteiger partial charge is 0.247 e. The molecular weight excluding hydrogens is 468 g/mol. The summed E-state index contributed by atoms with van der Waals surface area (Å²) < 4.78 is 16.0. The maximum Gasteiger partial charge on any atom is 0.247 e. The standard InChI is InChI=1S/C30H36N2O5/c1-21(2)30(34)32(20-23-11-14-25(35-3)15-12-23)28(24-9-7-6-8-10-24)29(33)31-18-17-22-13-16-26(36-4)27(19-22)37-5/h6-16,19,21,28H,17-18,20H2,1-5H3,(H,31,33)/t28-/m0/s1. The van der Waals surface area contributed by atoms with Crippen LogP contribution in [0.15, 0.2) is 72.8 Å². The van der Waals surface area contributed by atoms with Gasteiger partial charge in [-0.15, -0.1) is 0 Å². The number of methoxy groups -OCH3 is 3. The Balaban J connectivity index is 1.84. The zero-order valence-corrected chi connectivity index (χ0v) is 22.2. The fourth-order valence-corrected chi connectivity index (χ4v) is 4.13. The van der Waals surface area contributed by atoms with E-state index in [1.165, 1.54) is 0 Å². The minimum Gasteiger partial charge on any atom is -0.497 e. The summed E-state index contributed by atoms with van der Waals surface area (Å²) in [6, 6.07) is 21.9. The summed E-state index contributed by atoms with van der Waals surface area (Å²) in [6.07, 6.45) is 0.601. The first-order valence-corrected chi connectivity index (χ1v) is 12.3. The second-order valence-electron chi connectivity index (χ2n) is 9.01. The normalized spacial score (nSPS) is 11.5. The van der Waals surface area contributed by atoms with E-state index in [9.17, 15) is 9.59 Å². The average molecular weight is 505 g/mol. The third kappa shape index (κ3) is 7.26. The monoisotopic (exact) mass is 504 g/mol. The Morgan fingerprint density at radius 2 is 1.46 bits per heavy atom. The van der Waals surface area contributed by atoms with Crippen LogP contribution >= 0.6 is 0 Å². The van der Waals surface area contributed by atoms with Crippen LogP contribution in [-0.4, -0.2) is 44.6 Å². The number of carbonyl (C=O) groups excluding carboxylic acids is 2. The van der Waals surface area contributed by atoms with Crippen molar-refractivity contribution >= 4 is 11.8 Å². The molecular formula is C30H36N2O5. The van der Waals surface area contributed by atoms with Gasteiger partial charge in [0.05, 0.1) is 21.3 Å². The summed E-state index contributed by atoms with van der Waals surface area (Å²) in [5, 5.41) is 3.05. The molecule has 0 spiro atoms. The predicted octanol–water partition coefficient (Wildman–Crippen LogP) is 4.80. The molecule has 1 atom stereocenters. The number of carbonyl (C=O) groups is 2. The van der Waals surface area contributed by atoms with E-state index in [1.54, 1.807) is 26.2 Å². The maximum absolute atomic E-state index is 13.6. The Bertz CT molecular complexity index is 1160. The first kappa shape index (κ1) is 27.6. The molecule has 0 bridgehead atoms. The number of benzene rings is 3. The van der Waals surface area contributed by atoms with Gasteiger partial charge in [-0.3, -0.25) is 9.59 Å². The Hall–Kier alpha value is -4.00. The van der Waals surface area contributed by atoms with Crippen molar-refractivity contribution in [3.8, 4) is 17.2 Å². The quantitative estimate of drug-likeness (QED) is 0.384. The highest BCUT2D eigenvalue weighted by molar-refractivity contribution is 5.89. The molecule has 3 aromatic rings. The molecule has 37 heavy (non-hydrogen) atoms. The van der Waals surface area contributed by atoms with Crippen LogP contribution in [0.5, 0.6) is 17.2 Å². The largest absolute Gasteiger partial charge is 0.497 e. The summed E-state index contributed by atoms with van der Waals surface area (Å²) in [5.41, 5.74) is 2.67. The van der Waals surface area contributed by atoms with Crippen LogP contribution in [-0.2, 0) is 22.6 Å². The molecule has 0 aliphatic carbocycles. The van der Waals surface area contributed by atoms with E-state index in [2.05, 4.69) is 5.32 Å². The van der Waals surface area contributed by atoms with Crippen molar-refractivity contribution in [2.75, 3.05) is 27.9 Å². The summed E-state index contributed by atoms with van der Waals surface area (Å²) in [7, 11) is 4.80. The molecule has 7 nitrogen and oxygen atoms in total. The third-order valence-corrected chi connectivity index (χ3v) is 6.13. The van der Waals surface area contributed by atoms with Crippen molar-refractivity contribution in [1.29, 1.82) is 0 Å². The minimum absolute atomic E-state index is 0.0975. The molecule has 0 saturated heterocycles. The molecule has 2 amide bonds. The maximum atomic E-state index is 13.6. The van der Waals surface area contributed by atoms with Crippen LogP contribution in [0, 0.1) is 5.92 Å². The minimum atomic E-state index is -0.774. The number of hydrogen-bond acceptors (Lipinski definition) is 5. The Kier molecular flexibility index (Phi) is 9.95. The predicted molar refractivity (Wildman–Crippen MR) is 144 cm³/mol. The molecule has 3 aromatic carbocycles. The van der Waals surface area contributed by atoms with Crippen LogP contribution in [0.4, 0.5) is 0 Å². The van der Waals surface area contributed by atoms with Gasteiger partial charge in [-0.25, -0.2) is 0 Å². The highest BCUT2D eigenvalue weighted by Gasteiger charge is 2.32. The molecule has 3 rings (SSSR count). The van der Waals surface area contributed by atoms with Crippen molar-refractivity contribution in [2.24, 2.45) is 5.92 Å². The van der Waals surface area contributed by atoms with Gasteiger partial charge in [-0.05, 0) is 47.4 Å². The molecule has 0 aliphatic heterocycles. The number of nitrogens with zero attached hydrogens (tertiary/aromatic N) is 1. The van der Waals surface area contributed by atoms with Crippen molar-refractivity contribution < 1.29 is 23.8 Å². The number of hydrogen-bond donors (Lipinski definition) is 1. The van der Waals surface area contributed by atoms with Gasteiger partial charge in [0.1, 0.15) is 11.8 Å². The topological polar surface area (TPSA) is 77.1 Å².